The highest BCUT2D eigenvalue weighted by atomic mass is 16.5. The molecule has 0 saturated heterocycles. The van der Waals surface area contributed by atoms with Crippen LogP contribution in [-0.4, -0.2) is 29.3 Å². The first kappa shape index (κ1) is 15.0. The zero-order valence-electron chi connectivity index (χ0n) is 12.1. The lowest BCUT2D eigenvalue weighted by molar-refractivity contribution is -0.122. The average molecular weight is 281 g/mol. The predicted molar refractivity (Wildman–Crippen MR) is 73.1 cm³/mol. The van der Waals surface area contributed by atoms with E-state index in [1.165, 1.54) is 19.3 Å². The summed E-state index contributed by atoms with van der Waals surface area (Å²) in [6.45, 7) is 3.27. The Morgan fingerprint density at radius 3 is 2.95 bits per heavy atom. The smallest absolute Gasteiger partial charge is 0.246 e. The van der Waals surface area contributed by atoms with E-state index in [-0.39, 0.29) is 5.91 Å². The quantitative estimate of drug-likeness (QED) is 0.775. The van der Waals surface area contributed by atoms with Gasteiger partial charge in [-0.3, -0.25) is 4.79 Å². The molecule has 20 heavy (non-hydrogen) atoms. The van der Waals surface area contributed by atoms with Crippen molar-refractivity contribution in [2.24, 2.45) is 0 Å². The third-order valence-electron chi connectivity index (χ3n) is 3.57. The average Bonchev–Trinajstić information content (AvgIpc) is 2.95. The van der Waals surface area contributed by atoms with Crippen LogP contribution in [0, 0.1) is 0 Å². The summed E-state index contributed by atoms with van der Waals surface area (Å²) in [7, 11) is 0. The van der Waals surface area contributed by atoms with Gasteiger partial charge >= 0.3 is 0 Å². The lowest BCUT2D eigenvalue weighted by Crippen LogP contribution is -2.24. The summed E-state index contributed by atoms with van der Waals surface area (Å²) in [5.74, 6) is 1.64. The first-order valence-electron chi connectivity index (χ1n) is 7.46. The van der Waals surface area contributed by atoms with Gasteiger partial charge in [-0.15, -0.1) is 0 Å². The van der Waals surface area contributed by atoms with Gasteiger partial charge in [-0.1, -0.05) is 24.4 Å². The molecule has 1 aromatic rings. The Balaban J connectivity index is 1.73. The molecule has 0 radical (unpaired) electrons. The van der Waals surface area contributed by atoms with Gasteiger partial charge in [-0.2, -0.15) is 4.98 Å². The summed E-state index contributed by atoms with van der Waals surface area (Å²) in [5.41, 5.74) is 0. The van der Waals surface area contributed by atoms with E-state index >= 15 is 0 Å². The largest absolute Gasteiger partial charge is 0.381 e. The monoisotopic (exact) mass is 281 g/mol. The van der Waals surface area contributed by atoms with E-state index in [2.05, 4.69) is 15.5 Å². The van der Waals surface area contributed by atoms with Crippen molar-refractivity contribution in [3.8, 4) is 0 Å². The van der Waals surface area contributed by atoms with Crippen molar-refractivity contribution in [1.29, 1.82) is 0 Å². The molecular weight excluding hydrogens is 258 g/mol. The first-order valence-corrected chi connectivity index (χ1v) is 7.46. The Kier molecular flexibility index (Phi) is 5.98. The molecule has 0 atom stereocenters. The molecular formula is C14H23N3O3. The third kappa shape index (κ3) is 4.59. The number of aromatic nitrogens is 2. The van der Waals surface area contributed by atoms with Crippen LogP contribution in [0.4, 0.5) is 0 Å². The number of ether oxygens (including phenoxy) is 1. The fourth-order valence-electron chi connectivity index (χ4n) is 2.44. The second-order valence-corrected chi connectivity index (χ2v) is 5.10. The Morgan fingerprint density at radius 1 is 1.40 bits per heavy atom. The van der Waals surface area contributed by atoms with Crippen molar-refractivity contribution in [1.82, 2.24) is 15.5 Å². The summed E-state index contributed by atoms with van der Waals surface area (Å²) in [5, 5.41) is 6.79. The van der Waals surface area contributed by atoms with Gasteiger partial charge in [0.2, 0.25) is 11.8 Å². The van der Waals surface area contributed by atoms with E-state index in [0.29, 0.717) is 38.0 Å². The molecule has 1 saturated carbocycles. The highest BCUT2D eigenvalue weighted by Gasteiger charge is 2.20. The fourth-order valence-corrected chi connectivity index (χ4v) is 2.44. The Hall–Kier alpha value is -1.43. The Labute approximate surface area is 119 Å². The number of rotatable bonds is 7. The predicted octanol–water partition coefficient (Wildman–Crippen LogP) is 2.16. The maximum atomic E-state index is 11.5. The van der Waals surface area contributed by atoms with Crippen LogP contribution in [0.15, 0.2) is 4.52 Å². The van der Waals surface area contributed by atoms with E-state index in [0.717, 1.165) is 18.7 Å². The molecule has 0 aliphatic heterocycles. The number of hydrogen-bond acceptors (Lipinski definition) is 5. The first-order chi connectivity index (χ1) is 9.79. The second kappa shape index (κ2) is 7.99. The molecule has 0 unspecified atom stereocenters. The minimum absolute atomic E-state index is 0.0594. The molecule has 1 aliphatic carbocycles. The maximum absolute atomic E-state index is 11.5. The second-order valence-electron chi connectivity index (χ2n) is 5.10. The van der Waals surface area contributed by atoms with Gasteiger partial charge in [-0.25, -0.2) is 0 Å². The number of hydrogen-bond donors (Lipinski definition) is 1. The van der Waals surface area contributed by atoms with Crippen molar-refractivity contribution < 1.29 is 14.1 Å². The molecule has 6 heteroatoms. The van der Waals surface area contributed by atoms with Gasteiger partial charge in [-0.05, 0) is 19.8 Å². The van der Waals surface area contributed by atoms with Crippen molar-refractivity contribution in [2.45, 2.75) is 57.9 Å². The van der Waals surface area contributed by atoms with Gasteiger partial charge in [0.25, 0.3) is 0 Å². The Morgan fingerprint density at radius 2 is 2.20 bits per heavy atom. The molecule has 1 aliphatic rings. The van der Waals surface area contributed by atoms with Gasteiger partial charge in [0.05, 0.1) is 13.2 Å². The van der Waals surface area contributed by atoms with Crippen molar-refractivity contribution in [3.63, 3.8) is 0 Å². The SMILES string of the molecule is CCOCCC(=O)NCc1nc(C2CCCCC2)no1. The lowest BCUT2D eigenvalue weighted by atomic mass is 9.89. The molecule has 6 nitrogen and oxygen atoms in total. The maximum Gasteiger partial charge on any atom is 0.246 e. The summed E-state index contributed by atoms with van der Waals surface area (Å²) in [4.78, 5) is 15.9. The molecule has 0 aromatic carbocycles. The molecule has 1 heterocycles. The number of nitrogens with zero attached hydrogens (tertiary/aromatic N) is 2. The fraction of sp³-hybridized carbons (Fsp3) is 0.786. The molecule has 1 aromatic heterocycles. The van der Waals surface area contributed by atoms with E-state index in [1.54, 1.807) is 0 Å². The lowest BCUT2D eigenvalue weighted by Gasteiger charge is -2.17. The summed E-state index contributed by atoms with van der Waals surface area (Å²) in [6, 6.07) is 0. The normalized spacial score (nSPS) is 16.2. The zero-order valence-corrected chi connectivity index (χ0v) is 12.1. The van der Waals surface area contributed by atoms with Gasteiger partial charge in [0, 0.05) is 18.9 Å². The number of nitrogens with one attached hydrogen (secondary N) is 1. The molecule has 1 amide bonds. The van der Waals surface area contributed by atoms with Crippen LogP contribution in [0.5, 0.6) is 0 Å². The zero-order chi connectivity index (χ0) is 14.2. The molecule has 1 N–H and O–H groups in total. The molecule has 0 spiro atoms. The minimum Gasteiger partial charge on any atom is -0.381 e. The van der Waals surface area contributed by atoms with Crippen LogP contribution >= 0.6 is 0 Å². The Bertz CT molecular complexity index is 414. The van der Waals surface area contributed by atoms with E-state index in [4.69, 9.17) is 9.26 Å². The minimum atomic E-state index is -0.0594. The standard InChI is InChI=1S/C14H23N3O3/c1-2-19-9-8-12(18)15-10-13-16-14(17-20-13)11-6-4-3-5-7-11/h11H,2-10H2,1H3,(H,15,18). The van der Waals surface area contributed by atoms with E-state index in [1.807, 2.05) is 6.92 Å². The van der Waals surface area contributed by atoms with Gasteiger partial charge < -0.3 is 14.6 Å². The number of carbonyl (C=O) groups excluding carboxylic acids is 1. The topological polar surface area (TPSA) is 77.2 Å². The highest BCUT2D eigenvalue weighted by molar-refractivity contribution is 5.75. The van der Waals surface area contributed by atoms with E-state index < -0.39 is 0 Å². The van der Waals surface area contributed by atoms with Crippen LogP contribution in [0.2, 0.25) is 0 Å². The molecule has 112 valence electrons. The van der Waals surface area contributed by atoms with Crippen LogP contribution in [0.25, 0.3) is 0 Å². The van der Waals surface area contributed by atoms with Crippen molar-refractivity contribution >= 4 is 5.91 Å². The molecule has 2 rings (SSSR count). The summed E-state index contributed by atoms with van der Waals surface area (Å²) in [6.07, 6.45) is 6.42. The number of amides is 1. The third-order valence-corrected chi connectivity index (χ3v) is 3.57. The highest BCUT2D eigenvalue weighted by Crippen LogP contribution is 2.30. The summed E-state index contributed by atoms with van der Waals surface area (Å²) >= 11 is 0. The van der Waals surface area contributed by atoms with Crippen molar-refractivity contribution in [3.05, 3.63) is 11.7 Å². The molecule has 1 fully saturated rings. The van der Waals surface area contributed by atoms with Crippen LogP contribution in [-0.2, 0) is 16.1 Å². The van der Waals surface area contributed by atoms with Gasteiger partial charge in [0.1, 0.15) is 0 Å². The van der Waals surface area contributed by atoms with Crippen LogP contribution < -0.4 is 5.32 Å². The summed E-state index contributed by atoms with van der Waals surface area (Å²) < 4.78 is 10.3. The van der Waals surface area contributed by atoms with E-state index in [9.17, 15) is 4.79 Å². The molecule has 0 bridgehead atoms. The van der Waals surface area contributed by atoms with Gasteiger partial charge in [0.15, 0.2) is 5.82 Å². The van der Waals surface area contributed by atoms with Crippen molar-refractivity contribution in [2.75, 3.05) is 13.2 Å². The van der Waals surface area contributed by atoms with Crippen LogP contribution in [0.3, 0.4) is 0 Å². The number of carbonyl (C=O) groups is 1. The van der Waals surface area contributed by atoms with Crippen LogP contribution in [0.1, 0.15) is 63.1 Å².